The van der Waals surface area contributed by atoms with Gasteiger partial charge in [0.05, 0.1) is 0 Å². The van der Waals surface area contributed by atoms with E-state index >= 15 is 0 Å². The van der Waals surface area contributed by atoms with Crippen LogP contribution in [0.1, 0.15) is 72.4 Å². The van der Waals surface area contributed by atoms with Crippen molar-refractivity contribution in [3.05, 3.63) is 66.8 Å². The van der Waals surface area contributed by atoms with Gasteiger partial charge in [0, 0.05) is 0 Å². The van der Waals surface area contributed by atoms with Gasteiger partial charge in [-0.1, -0.05) is 0 Å². The molecule has 1 atom stereocenters. The molecule has 2 aromatic rings. The van der Waals surface area contributed by atoms with Crippen LogP contribution < -0.4 is 0 Å². The molecule has 0 aliphatic rings. The van der Waals surface area contributed by atoms with Gasteiger partial charge in [-0.25, -0.2) is 0 Å². The maximum atomic E-state index is 14.6. The van der Waals surface area contributed by atoms with E-state index in [4.69, 9.17) is 2.51 Å². The minimum atomic E-state index is -4.34. The van der Waals surface area contributed by atoms with Gasteiger partial charge in [0.1, 0.15) is 0 Å². The molecule has 30 heavy (non-hydrogen) atoms. The Morgan fingerprint density at radius 2 is 1.27 bits per heavy atom. The van der Waals surface area contributed by atoms with E-state index in [1.807, 2.05) is 48.5 Å². The van der Waals surface area contributed by atoms with Gasteiger partial charge in [-0.05, 0) is 0 Å². The summed E-state index contributed by atoms with van der Waals surface area (Å²) >= 11 is -3.00. The van der Waals surface area contributed by atoms with Gasteiger partial charge in [0.15, 0.2) is 0 Å². The monoisotopic (exact) mass is 548 g/mol. The summed E-state index contributed by atoms with van der Waals surface area (Å²) in [5, 5.41) is 0. The topological polar surface area (TPSA) is 43.4 Å². The van der Waals surface area contributed by atoms with Crippen LogP contribution in [0.2, 0.25) is 0 Å². The van der Waals surface area contributed by atoms with Gasteiger partial charge >= 0.3 is 190 Å². The Morgan fingerprint density at radius 3 is 1.63 bits per heavy atom. The zero-order valence-corrected chi connectivity index (χ0v) is 22.0. The molecule has 0 heterocycles. The Labute approximate surface area is 189 Å². The molecule has 0 saturated heterocycles. The van der Waals surface area contributed by atoms with Crippen molar-refractivity contribution in [3.63, 3.8) is 0 Å². The second-order valence-corrected chi connectivity index (χ2v) is 15.9. The van der Waals surface area contributed by atoms with Crippen molar-refractivity contribution in [1.29, 1.82) is 0 Å². The Hall–Kier alpha value is -0.990. The Balaban J connectivity index is 2.75. The second-order valence-electron chi connectivity index (χ2n) is 9.46. The molecule has 168 valence electrons. The van der Waals surface area contributed by atoms with Crippen LogP contribution in [0.5, 0.6) is 0 Å². The average Bonchev–Trinajstić information content (AvgIpc) is 2.65. The SMILES string of the molecule is CCCC(F)S(=O)(=O)OI(c1ccccc1C(C)(C)C)c1ccccc1C(C)(C)C. The quantitative estimate of drug-likeness (QED) is 0.344. The number of rotatable bonds is 7. The van der Waals surface area contributed by atoms with Crippen LogP contribution in [0.4, 0.5) is 4.39 Å². The van der Waals surface area contributed by atoms with Crippen LogP contribution >= 0.6 is 20.2 Å². The van der Waals surface area contributed by atoms with E-state index in [1.165, 1.54) is 0 Å². The molecule has 0 radical (unpaired) electrons. The van der Waals surface area contributed by atoms with Gasteiger partial charge in [0.2, 0.25) is 0 Å². The van der Waals surface area contributed by atoms with E-state index in [9.17, 15) is 12.8 Å². The van der Waals surface area contributed by atoms with E-state index in [0.717, 1.165) is 18.3 Å². The molecule has 0 aliphatic carbocycles. The molecule has 0 amide bonds. The molecule has 0 fully saturated rings. The van der Waals surface area contributed by atoms with Crippen LogP contribution in [0.3, 0.4) is 0 Å². The third-order valence-electron chi connectivity index (χ3n) is 4.71. The van der Waals surface area contributed by atoms with Gasteiger partial charge in [-0.15, -0.1) is 0 Å². The summed E-state index contributed by atoms with van der Waals surface area (Å²) in [4.78, 5) is 0. The molecule has 0 aromatic heterocycles. The zero-order valence-electron chi connectivity index (χ0n) is 19.0. The summed E-state index contributed by atoms with van der Waals surface area (Å²) in [6.07, 6.45) is 0.378. The van der Waals surface area contributed by atoms with Gasteiger partial charge in [0.25, 0.3) is 0 Å². The molecule has 0 aliphatic heterocycles. The molecule has 3 nitrogen and oxygen atoms in total. The number of halogens is 2. The summed E-state index contributed by atoms with van der Waals surface area (Å²) < 4.78 is 47.9. The summed E-state index contributed by atoms with van der Waals surface area (Å²) in [5.41, 5.74) is -0.325. The Kier molecular flexibility index (Phi) is 8.13. The first-order valence-electron chi connectivity index (χ1n) is 10.3. The second kappa shape index (κ2) is 9.65. The van der Waals surface area contributed by atoms with Crippen molar-refractivity contribution in [2.75, 3.05) is 0 Å². The molecule has 6 heteroatoms. The molecule has 0 saturated carbocycles. The van der Waals surface area contributed by atoms with Crippen LogP contribution in [0, 0.1) is 7.14 Å². The standard InChI is InChI=1S/C24H34FIO3S/c1-8-13-22(25)30(27,28)29-26(20-16-11-9-14-18(20)23(2,3)4)21-17-12-10-15-19(21)24(5,6)7/h9-12,14-17,22H,8,13H2,1-7H3. The van der Waals surface area contributed by atoms with E-state index in [0.29, 0.717) is 6.42 Å². The summed E-state index contributed by atoms with van der Waals surface area (Å²) in [7, 11) is -4.34. The molecular weight excluding hydrogens is 514 g/mol. The van der Waals surface area contributed by atoms with Crippen molar-refractivity contribution in [2.24, 2.45) is 0 Å². The molecule has 1 unspecified atom stereocenters. The summed E-state index contributed by atoms with van der Waals surface area (Å²) in [6.45, 7) is 14.3. The zero-order chi connectivity index (χ0) is 22.7. The van der Waals surface area contributed by atoms with Gasteiger partial charge in [-0.3, -0.25) is 0 Å². The fraction of sp³-hybridized carbons (Fsp3) is 0.500. The number of hydrogen-bond acceptors (Lipinski definition) is 3. The molecule has 2 aromatic carbocycles. The predicted molar refractivity (Wildman–Crippen MR) is 132 cm³/mol. The summed E-state index contributed by atoms with van der Waals surface area (Å²) in [5.74, 6) is 0. The molecule has 0 N–H and O–H groups in total. The van der Waals surface area contributed by atoms with Crippen LogP contribution in [0.15, 0.2) is 48.5 Å². The normalized spacial score (nSPS) is 14.5. The van der Waals surface area contributed by atoms with Crippen LogP contribution in [0.25, 0.3) is 0 Å². The van der Waals surface area contributed by atoms with E-state index in [1.54, 1.807) is 6.92 Å². The van der Waals surface area contributed by atoms with E-state index in [2.05, 4.69) is 41.5 Å². The minimum absolute atomic E-state index is 0.0614. The predicted octanol–water partition coefficient (Wildman–Crippen LogP) is 7.18. The third kappa shape index (κ3) is 6.04. The Bertz CT molecular complexity index is 901. The average molecular weight is 549 g/mol. The van der Waals surface area contributed by atoms with Crippen molar-refractivity contribution < 1.29 is 15.3 Å². The number of benzene rings is 2. The molecule has 0 bridgehead atoms. The van der Waals surface area contributed by atoms with Crippen LogP contribution in [-0.2, 0) is 23.5 Å². The van der Waals surface area contributed by atoms with Crippen molar-refractivity contribution in [1.82, 2.24) is 0 Å². The maximum absolute atomic E-state index is 14.6. The van der Waals surface area contributed by atoms with Crippen molar-refractivity contribution in [3.8, 4) is 0 Å². The van der Waals surface area contributed by atoms with Crippen molar-refractivity contribution in [2.45, 2.75) is 77.6 Å². The molecule has 2 rings (SSSR count). The van der Waals surface area contributed by atoms with E-state index < -0.39 is 35.9 Å². The van der Waals surface area contributed by atoms with E-state index in [-0.39, 0.29) is 17.3 Å². The Morgan fingerprint density at radius 1 is 0.867 bits per heavy atom. The van der Waals surface area contributed by atoms with Gasteiger partial charge < -0.3 is 0 Å². The molecular formula is C24H34FIO3S. The fourth-order valence-corrected chi connectivity index (χ4v) is 12.1. The summed E-state index contributed by atoms with van der Waals surface area (Å²) in [6, 6.07) is 15.7. The number of hydrogen-bond donors (Lipinski definition) is 0. The van der Waals surface area contributed by atoms with Gasteiger partial charge in [-0.2, -0.15) is 0 Å². The first kappa shape index (κ1) is 25.3. The third-order valence-corrected chi connectivity index (χ3v) is 12.5. The van der Waals surface area contributed by atoms with Crippen molar-refractivity contribution >= 4 is 30.4 Å². The fourth-order valence-electron chi connectivity index (χ4n) is 3.11. The number of alkyl halides is 1. The first-order valence-corrected chi connectivity index (χ1v) is 14.8. The van der Waals surface area contributed by atoms with Crippen LogP contribution in [-0.4, -0.2) is 13.9 Å². The first-order chi connectivity index (χ1) is 13.8. The molecule has 0 spiro atoms.